The van der Waals surface area contributed by atoms with Gasteiger partial charge in [0, 0.05) is 17.0 Å². The van der Waals surface area contributed by atoms with Crippen LogP contribution in [0.1, 0.15) is 30.6 Å². The second-order valence-corrected chi connectivity index (χ2v) is 7.33. The van der Waals surface area contributed by atoms with Crippen LogP contribution < -0.4 is 20.3 Å². The van der Waals surface area contributed by atoms with E-state index in [0.29, 0.717) is 40.7 Å². The molecule has 0 aliphatic rings. The van der Waals surface area contributed by atoms with Gasteiger partial charge in [0.1, 0.15) is 5.82 Å². The van der Waals surface area contributed by atoms with Crippen molar-refractivity contribution < 1.29 is 9.47 Å². The van der Waals surface area contributed by atoms with E-state index in [9.17, 15) is 4.79 Å². The summed E-state index contributed by atoms with van der Waals surface area (Å²) in [7, 11) is 3.10. The van der Waals surface area contributed by atoms with Gasteiger partial charge in [-0.3, -0.25) is 4.79 Å². The molecule has 0 bridgehead atoms. The Morgan fingerprint density at radius 1 is 1.23 bits per heavy atom. The van der Waals surface area contributed by atoms with Gasteiger partial charge in [-0.2, -0.15) is 0 Å². The highest BCUT2D eigenvalue weighted by Crippen LogP contribution is 2.30. The predicted octanol–water partition coefficient (Wildman–Crippen LogP) is 3.49. The van der Waals surface area contributed by atoms with Crippen molar-refractivity contribution in [2.75, 3.05) is 14.2 Å². The van der Waals surface area contributed by atoms with Crippen LogP contribution in [0.15, 0.2) is 34.4 Å². The number of hydrogen-bond donors (Lipinski definition) is 2. The average molecular weight is 373 g/mol. The number of aromatic nitrogens is 2. The van der Waals surface area contributed by atoms with E-state index in [0.717, 1.165) is 0 Å². The number of hydrogen-bond acceptors (Lipinski definition) is 6. The van der Waals surface area contributed by atoms with Crippen molar-refractivity contribution in [3.8, 4) is 11.5 Å². The number of H-pyrrole nitrogens is 1. The minimum absolute atomic E-state index is 0.190. The summed E-state index contributed by atoms with van der Waals surface area (Å²) in [5.74, 6) is 2.08. The van der Waals surface area contributed by atoms with Gasteiger partial charge in [0.15, 0.2) is 11.5 Å². The normalized spacial score (nSPS) is 12.5. The Bertz CT molecular complexity index is 935. The fourth-order valence-electron chi connectivity index (χ4n) is 2.94. The number of fused-ring (bicyclic) bond motifs is 1. The summed E-state index contributed by atoms with van der Waals surface area (Å²) < 4.78 is 10.6. The molecule has 1 atom stereocenters. The van der Waals surface area contributed by atoms with Gasteiger partial charge in [0.25, 0.3) is 5.56 Å². The zero-order valence-electron chi connectivity index (χ0n) is 15.3. The second kappa shape index (κ2) is 7.88. The van der Waals surface area contributed by atoms with E-state index in [1.807, 2.05) is 6.07 Å². The van der Waals surface area contributed by atoms with Gasteiger partial charge in [-0.05, 0) is 23.4 Å². The third-order valence-corrected chi connectivity index (χ3v) is 5.22. The molecule has 0 aliphatic carbocycles. The van der Waals surface area contributed by atoms with Crippen LogP contribution in [0.3, 0.4) is 0 Å². The Kier molecular flexibility index (Phi) is 5.58. The lowest BCUT2D eigenvalue weighted by atomic mass is 10.0. The molecule has 2 aromatic heterocycles. The maximum Gasteiger partial charge on any atom is 0.258 e. The van der Waals surface area contributed by atoms with Gasteiger partial charge in [0.05, 0.1) is 31.7 Å². The SMILES string of the molecule is COc1cc2nc(CN[C@@H](c3cccs3)C(C)C)[nH]c(=O)c2cc1OC. The third kappa shape index (κ3) is 3.73. The first kappa shape index (κ1) is 18.4. The van der Waals surface area contributed by atoms with Crippen LogP contribution in [0.5, 0.6) is 11.5 Å². The minimum Gasteiger partial charge on any atom is -0.493 e. The smallest absolute Gasteiger partial charge is 0.258 e. The third-order valence-electron chi connectivity index (χ3n) is 4.27. The molecule has 0 fully saturated rings. The number of benzene rings is 1. The molecule has 7 heteroatoms. The number of aromatic amines is 1. The molecule has 3 aromatic rings. The first-order chi connectivity index (χ1) is 12.5. The topological polar surface area (TPSA) is 76.2 Å². The van der Waals surface area contributed by atoms with Gasteiger partial charge in [-0.15, -0.1) is 11.3 Å². The lowest BCUT2D eigenvalue weighted by molar-refractivity contribution is 0.355. The van der Waals surface area contributed by atoms with Crippen molar-refractivity contribution in [1.82, 2.24) is 15.3 Å². The number of thiophene rings is 1. The highest BCUT2D eigenvalue weighted by Gasteiger charge is 2.17. The molecule has 6 nitrogen and oxygen atoms in total. The molecule has 0 unspecified atom stereocenters. The summed E-state index contributed by atoms with van der Waals surface area (Å²) in [6, 6.07) is 7.76. The quantitative estimate of drug-likeness (QED) is 0.663. The molecular formula is C19H23N3O3S. The van der Waals surface area contributed by atoms with E-state index in [1.54, 1.807) is 37.7 Å². The Labute approximate surface area is 156 Å². The van der Waals surface area contributed by atoms with E-state index < -0.39 is 0 Å². The molecular weight excluding hydrogens is 350 g/mol. The predicted molar refractivity (Wildman–Crippen MR) is 104 cm³/mol. The zero-order chi connectivity index (χ0) is 18.7. The second-order valence-electron chi connectivity index (χ2n) is 6.35. The van der Waals surface area contributed by atoms with Crippen LogP contribution in [-0.2, 0) is 6.54 Å². The molecule has 1 aromatic carbocycles. The lowest BCUT2D eigenvalue weighted by Crippen LogP contribution is -2.26. The molecule has 0 aliphatic heterocycles. The summed E-state index contributed by atoms with van der Waals surface area (Å²) in [4.78, 5) is 21.2. The largest absolute Gasteiger partial charge is 0.493 e. The summed E-state index contributed by atoms with van der Waals surface area (Å²) in [5.41, 5.74) is 0.394. The van der Waals surface area contributed by atoms with E-state index >= 15 is 0 Å². The van der Waals surface area contributed by atoms with Crippen LogP contribution in [0.4, 0.5) is 0 Å². The monoisotopic (exact) mass is 373 g/mol. The molecule has 0 amide bonds. The van der Waals surface area contributed by atoms with Crippen molar-refractivity contribution >= 4 is 22.2 Å². The van der Waals surface area contributed by atoms with E-state index in [-0.39, 0.29) is 11.6 Å². The zero-order valence-corrected chi connectivity index (χ0v) is 16.1. The lowest BCUT2D eigenvalue weighted by Gasteiger charge is -2.21. The highest BCUT2D eigenvalue weighted by atomic mass is 32.1. The van der Waals surface area contributed by atoms with E-state index in [1.165, 1.54) is 4.88 Å². The number of methoxy groups -OCH3 is 2. The van der Waals surface area contributed by atoms with Gasteiger partial charge in [0.2, 0.25) is 0 Å². The minimum atomic E-state index is -0.190. The fraction of sp³-hybridized carbons (Fsp3) is 0.368. The molecule has 26 heavy (non-hydrogen) atoms. The van der Waals surface area contributed by atoms with Crippen molar-refractivity contribution in [2.45, 2.75) is 26.4 Å². The molecule has 3 rings (SSSR count). The standard InChI is InChI=1S/C19H23N3O3S/c1-11(2)18(16-6-5-7-26-16)20-10-17-21-13-9-15(25-4)14(24-3)8-12(13)19(23)22-17/h5-9,11,18,20H,10H2,1-4H3,(H,21,22,23)/t18-/m1/s1. The number of nitrogens with one attached hydrogen (secondary N) is 2. The molecule has 0 radical (unpaired) electrons. The Morgan fingerprint density at radius 3 is 2.58 bits per heavy atom. The first-order valence-electron chi connectivity index (χ1n) is 8.45. The van der Waals surface area contributed by atoms with Gasteiger partial charge < -0.3 is 19.8 Å². The van der Waals surface area contributed by atoms with Gasteiger partial charge in [-0.25, -0.2) is 4.98 Å². The average Bonchev–Trinajstić information content (AvgIpc) is 3.15. The van der Waals surface area contributed by atoms with Crippen LogP contribution in [0, 0.1) is 5.92 Å². The van der Waals surface area contributed by atoms with Crippen molar-refractivity contribution in [3.05, 3.63) is 50.7 Å². The Balaban J connectivity index is 1.90. The summed E-state index contributed by atoms with van der Waals surface area (Å²) in [6.45, 7) is 4.82. The van der Waals surface area contributed by atoms with Crippen molar-refractivity contribution in [1.29, 1.82) is 0 Å². The maximum absolute atomic E-state index is 12.5. The van der Waals surface area contributed by atoms with Crippen molar-refractivity contribution in [3.63, 3.8) is 0 Å². The van der Waals surface area contributed by atoms with Crippen molar-refractivity contribution in [2.24, 2.45) is 5.92 Å². The molecule has 0 saturated carbocycles. The maximum atomic E-state index is 12.5. The van der Waals surface area contributed by atoms with Gasteiger partial charge in [-0.1, -0.05) is 19.9 Å². The van der Waals surface area contributed by atoms with Crippen LogP contribution in [0.2, 0.25) is 0 Å². The van der Waals surface area contributed by atoms with Crippen LogP contribution in [-0.4, -0.2) is 24.2 Å². The highest BCUT2D eigenvalue weighted by molar-refractivity contribution is 7.10. The summed E-state index contributed by atoms with van der Waals surface area (Å²) >= 11 is 1.72. The molecule has 2 N–H and O–H groups in total. The molecule has 2 heterocycles. The number of nitrogens with zero attached hydrogens (tertiary/aromatic N) is 1. The molecule has 0 spiro atoms. The Hall–Kier alpha value is -2.38. The molecule has 0 saturated heterocycles. The summed E-state index contributed by atoms with van der Waals surface area (Å²) in [5, 5.41) is 6.05. The summed E-state index contributed by atoms with van der Waals surface area (Å²) in [6.07, 6.45) is 0. The number of ether oxygens (including phenoxy) is 2. The van der Waals surface area contributed by atoms with Gasteiger partial charge >= 0.3 is 0 Å². The van der Waals surface area contributed by atoms with E-state index in [2.05, 4.69) is 40.6 Å². The Morgan fingerprint density at radius 2 is 1.96 bits per heavy atom. The fourth-order valence-corrected chi connectivity index (χ4v) is 3.91. The van der Waals surface area contributed by atoms with Crippen LogP contribution in [0.25, 0.3) is 10.9 Å². The first-order valence-corrected chi connectivity index (χ1v) is 9.33. The van der Waals surface area contributed by atoms with Crippen LogP contribution >= 0.6 is 11.3 Å². The molecule has 138 valence electrons. The van der Waals surface area contributed by atoms with E-state index in [4.69, 9.17) is 9.47 Å². The number of rotatable bonds is 7.